The van der Waals surface area contributed by atoms with Gasteiger partial charge < -0.3 is 14.7 Å². The second-order valence-corrected chi connectivity index (χ2v) is 4.04. The zero-order chi connectivity index (χ0) is 10.7. The van der Waals surface area contributed by atoms with E-state index in [1.54, 1.807) is 6.92 Å². The van der Waals surface area contributed by atoms with E-state index in [1.165, 1.54) is 23.8 Å². The molecule has 0 bridgehead atoms. The standard InChI is InChI=1S/C8H13NO4S/c1-5(13-2)7(10)9-4-14-3-6(9)8(11)12/h5-6H,3-4H2,1-2H3,(H,11,12). The molecule has 0 spiro atoms. The molecule has 0 radical (unpaired) electrons. The molecule has 1 rings (SSSR count). The van der Waals surface area contributed by atoms with E-state index >= 15 is 0 Å². The maximum atomic E-state index is 11.6. The zero-order valence-corrected chi connectivity index (χ0v) is 8.91. The molecule has 2 atom stereocenters. The van der Waals surface area contributed by atoms with Gasteiger partial charge in [0.2, 0.25) is 0 Å². The van der Waals surface area contributed by atoms with Crippen molar-refractivity contribution in [2.24, 2.45) is 0 Å². The van der Waals surface area contributed by atoms with Crippen LogP contribution in [0.25, 0.3) is 0 Å². The molecule has 0 aromatic rings. The minimum atomic E-state index is -0.952. The molecule has 0 aromatic carbocycles. The van der Waals surface area contributed by atoms with Gasteiger partial charge in [0.05, 0.1) is 5.88 Å². The lowest BCUT2D eigenvalue weighted by Gasteiger charge is -2.23. The van der Waals surface area contributed by atoms with E-state index in [-0.39, 0.29) is 5.91 Å². The first-order valence-electron chi connectivity index (χ1n) is 4.21. The lowest BCUT2D eigenvalue weighted by molar-refractivity contribution is -0.151. The Balaban J connectivity index is 2.67. The predicted molar refractivity (Wildman–Crippen MR) is 52.1 cm³/mol. The molecule has 14 heavy (non-hydrogen) atoms. The van der Waals surface area contributed by atoms with Crippen LogP contribution in [-0.2, 0) is 14.3 Å². The van der Waals surface area contributed by atoms with Crippen molar-refractivity contribution in [3.8, 4) is 0 Å². The first-order chi connectivity index (χ1) is 6.57. The topological polar surface area (TPSA) is 66.8 Å². The third-order valence-electron chi connectivity index (χ3n) is 2.15. The summed E-state index contributed by atoms with van der Waals surface area (Å²) in [7, 11) is 1.43. The summed E-state index contributed by atoms with van der Waals surface area (Å²) < 4.78 is 4.86. The quantitative estimate of drug-likeness (QED) is 0.724. The Morgan fingerprint density at radius 1 is 1.64 bits per heavy atom. The van der Waals surface area contributed by atoms with Crippen molar-refractivity contribution >= 4 is 23.6 Å². The predicted octanol–water partition coefficient (Wildman–Crippen LogP) is 0.00740. The minimum absolute atomic E-state index is 0.259. The first-order valence-corrected chi connectivity index (χ1v) is 5.37. The van der Waals surface area contributed by atoms with Crippen molar-refractivity contribution in [2.45, 2.75) is 19.1 Å². The summed E-state index contributed by atoms with van der Waals surface area (Å²) in [6.07, 6.45) is -0.574. The van der Waals surface area contributed by atoms with Crippen molar-refractivity contribution in [2.75, 3.05) is 18.7 Å². The molecule has 80 valence electrons. The van der Waals surface area contributed by atoms with Gasteiger partial charge in [0.25, 0.3) is 5.91 Å². The molecule has 0 saturated carbocycles. The summed E-state index contributed by atoms with van der Waals surface area (Å²) in [5.74, 6) is -0.322. The maximum Gasteiger partial charge on any atom is 0.327 e. The zero-order valence-electron chi connectivity index (χ0n) is 8.10. The number of hydrogen-bond acceptors (Lipinski definition) is 4. The lowest BCUT2D eigenvalue weighted by atomic mass is 10.2. The Bertz CT molecular complexity index is 245. The van der Waals surface area contributed by atoms with Gasteiger partial charge in [-0.15, -0.1) is 11.8 Å². The number of nitrogens with zero attached hydrogens (tertiary/aromatic N) is 1. The van der Waals surface area contributed by atoms with Crippen molar-refractivity contribution in [3.05, 3.63) is 0 Å². The van der Waals surface area contributed by atoms with Crippen LogP contribution in [0.4, 0.5) is 0 Å². The Morgan fingerprint density at radius 2 is 2.29 bits per heavy atom. The molecule has 1 N–H and O–H groups in total. The second-order valence-electron chi connectivity index (χ2n) is 3.04. The van der Waals surface area contributed by atoms with E-state index in [1.807, 2.05) is 0 Å². The molecule has 1 aliphatic heterocycles. The van der Waals surface area contributed by atoms with Gasteiger partial charge in [-0.1, -0.05) is 0 Å². The summed E-state index contributed by atoms with van der Waals surface area (Å²) in [6, 6.07) is -0.704. The maximum absolute atomic E-state index is 11.6. The number of ether oxygens (including phenoxy) is 1. The van der Waals surface area contributed by atoms with Gasteiger partial charge in [-0.3, -0.25) is 4.79 Å². The number of carbonyl (C=O) groups excluding carboxylic acids is 1. The molecule has 1 aliphatic rings. The molecule has 1 fully saturated rings. The largest absolute Gasteiger partial charge is 0.480 e. The number of thioether (sulfide) groups is 1. The fraction of sp³-hybridized carbons (Fsp3) is 0.750. The highest BCUT2D eigenvalue weighted by Gasteiger charge is 2.36. The molecule has 1 saturated heterocycles. The summed E-state index contributed by atoms with van der Waals surface area (Å²) in [4.78, 5) is 23.7. The van der Waals surface area contributed by atoms with Gasteiger partial charge >= 0.3 is 5.97 Å². The summed E-state index contributed by atoms with van der Waals surface area (Å²) in [5.41, 5.74) is 0. The molecular formula is C8H13NO4S. The van der Waals surface area contributed by atoms with Crippen LogP contribution in [0.1, 0.15) is 6.92 Å². The summed E-state index contributed by atoms with van der Waals surface area (Å²) in [5, 5.41) is 8.84. The molecule has 0 aromatic heterocycles. The van der Waals surface area contributed by atoms with E-state index in [2.05, 4.69) is 0 Å². The molecule has 1 heterocycles. The highest BCUT2D eigenvalue weighted by molar-refractivity contribution is 7.99. The van der Waals surface area contributed by atoms with Crippen LogP contribution in [0.3, 0.4) is 0 Å². The van der Waals surface area contributed by atoms with Crippen LogP contribution in [0, 0.1) is 0 Å². The number of aliphatic carboxylic acids is 1. The van der Waals surface area contributed by atoms with E-state index in [4.69, 9.17) is 9.84 Å². The number of amides is 1. The van der Waals surface area contributed by atoms with Crippen molar-refractivity contribution < 1.29 is 19.4 Å². The molecule has 0 aliphatic carbocycles. The van der Waals surface area contributed by atoms with Crippen LogP contribution in [0.2, 0.25) is 0 Å². The number of carboxylic acid groups (broad SMARTS) is 1. The highest BCUT2D eigenvalue weighted by atomic mass is 32.2. The second kappa shape index (κ2) is 4.65. The third kappa shape index (κ3) is 2.19. The fourth-order valence-electron chi connectivity index (χ4n) is 1.20. The highest BCUT2D eigenvalue weighted by Crippen LogP contribution is 2.22. The van der Waals surface area contributed by atoms with Crippen LogP contribution in [0.5, 0.6) is 0 Å². The van der Waals surface area contributed by atoms with Gasteiger partial charge in [-0.05, 0) is 6.92 Å². The van der Waals surface area contributed by atoms with Crippen molar-refractivity contribution in [1.29, 1.82) is 0 Å². The number of methoxy groups -OCH3 is 1. The molecule has 5 nitrogen and oxygen atoms in total. The average Bonchev–Trinajstić information content (AvgIpc) is 2.63. The summed E-state index contributed by atoms with van der Waals surface area (Å²) >= 11 is 1.44. The number of hydrogen-bond donors (Lipinski definition) is 1. The normalized spacial score (nSPS) is 23.6. The third-order valence-corrected chi connectivity index (χ3v) is 3.16. The van der Waals surface area contributed by atoms with Crippen LogP contribution < -0.4 is 0 Å². The van der Waals surface area contributed by atoms with E-state index in [0.29, 0.717) is 11.6 Å². The lowest BCUT2D eigenvalue weighted by Crippen LogP contribution is -2.46. The van der Waals surface area contributed by atoms with E-state index < -0.39 is 18.1 Å². The van der Waals surface area contributed by atoms with Gasteiger partial charge in [0.1, 0.15) is 12.1 Å². The van der Waals surface area contributed by atoms with Crippen LogP contribution in [0.15, 0.2) is 0 Å². The smallest absolute Gasteiger partial charge is 0.327 e. The number of carbonyl (C=O) groups is 2. The van der Waals surface area contributed by atoms with Crippen molar-refractivity contribution in [1.82, 2.24) is 4.90 Å². The van der Waals surface area contributed by atoms with E-state index in [9.17, 15) is 9.59 Å². The summed E-state index contributed by atoms with van der Waals surface area (Å²) in [6.45, 7) is 1.62. The Hall–Kier alpha value is -0.750. The number of rotatable bonds is 3. The minimum Gasteiger partial charge on any atom is -0.480 e. The fourth-order valence-corrected chi connectivity index (χ4v) is 2.35. The molecule has 6 heteroatoms. The monoisotopic (exact) mass is 219 g/mol. The van der Waals surface area contributed by atoms with Crippen molar-refractivity contribution in [3.63, 3.8) is 0 Å². The SMILES string of the molecule is COC(C)C(=O)N1CSCC1C(=O)O. The van der Waals surface area contributed by atoms with Gasteiger partial charge in [-0.2, -0.15) is 0 Å². The Labute approximate surface area is 86.4 Å². The molecule has 2 unspecified atom stereocenters. The Morgan fingerprint density at radius 3 is 2.79 bits per heavy atom. The molecular weight excluding hydrogens is 206 g/mol. The molecule has 1 amide bonds. The first kappa shape index (κ1) is 11.3. The van der Waals surface area contributed by atoms with Gasteiger partial charge in [0, 0.05) is 12.9 Å². The Kier molecular flexibility index (Phi) is 3.77. The van der Waals surface area contributed by atoms with E-state index in [0.717, 1.165) is 0 Å². The number of carboxylic acids is 1. The van der Waals surface area contributed by atoms with Crippen LogP contribution in [-0.4, -0.2) is 52.8 Å². The van der Waals surface area contributed by atoms with Gasteiger partial charge in [-0.25, -0.2) is 4.79 Å². The average molecular weight is 219 g/mol. The van der Waals surface area contributed by atoms with Crippen LogP contribution >= 0.6 is 11.8 Å². The van der Waals surface area contributed by atoms with Gasteiger partial charge in [0.15, 0.2) is 0 Å².